The number of halogens is 19. The second-order valence-corrected chi connectivity index (χ2v) is 7.98. The highest BCUT2D eigenvalue weighted by Crippen LogP contribution is 2.97. The molecule has 0 radical (unpaired) electrons. The first kappa shape index (κ1) is 28.1. The minimum Gasteiger partial charge on any atom is -0.335 e. The van der Waals surface area contributed by atoms with Crippen molar-refractivity contribution in [3.8, 4) is 0 Å². The monoisotopic (exact) mass is 568 g/mol. The zero-order valence-corrected chi connectivity index (χ0v) is 15.0. The fourth-order valence-electron chi connectivity index (χ4n) is 5.68. The van der Waals surface area contributed by atoms with Crippen LogP contribution in [0.1, 0.15) is 0 Å². The Kier molecular flexibility index (Phi) is 4.44. The Hall–Kier alpha value is -1.45. The maximum absolute atomic E-state index is 15.0. The highest BCUT2D eigenvalue weighted by Gasteiger charge is 3.27. The van der Waals surface area contributed by atoms with Gasteiger partial charge in [0.2, 0.25) is 0 Å². The highest BCUT2D eigenvalue weighted by molar-refractivity contribution is 5.52. The molecule has 0 aromatic carbocycles. The maximum Gasteiger partial charge on any atom is 0.376 e. The second kappa shape index (κ2) is 5.53. The van der Waals surface area contributed by atoms with Crippen LogP contribution in [0.4, 0.5) is 83.4 Å². The SMILES string of the molecule is OC(F)(F)C12C(F)(F)C3(F)C(F)(F)C(C(O)(F)F)(C1(F)F)C(F)(F)C(C(O)(F)F)(C3(F)F)C2(F)F. The molecule has 0 aliphatic heterocycles. The quantitative estimate of drug-likeness (QED) is 0.447. The molecule has 0 spiro atoms. The van der Waals surface area contributed by atoms with Gasteiger partial charge >= 0.3 is 41.8 Å². The van der Waals surface area contributed by atoms with Crippen LogP contribution < -0.4 is 0 Å². The van der Waals surface area contributed by atoms with E-state index in [4.69, 9.17) is 15.3 Å². The van der Waals surface area contributed by atoms with Gasteiger partial charge in [0.1, 0.15) is 0 Å². The summed E-state index contributed by atoms with van der Waals surface area (Å²) in [6.07, 6.45) is -24.8. The van der Waals surface area contributed by atoms with Gasteiger partial charge in [-0.1, -0.05) is 0 Å². The zero-order valence-electron chi connectivity index (χ0n) is 15.0. The average molecular weight is 568 g/mol. The van der Waals surface area contributed by atoms with Crippen LogP contribution in [0.5, 0.6) is 0 Å². The number of hydrogen-bond acceptors (Lipinski definition) is 3. The molecule has 3 nitrogen and oxygen atoms in total. The summed E-state index contributed by atoms with van der Waals surface area (Å²) in [6.45, 7) is 0. The van der Waals surface area contributed by atoms with E-state index < -0.39 is 75.8 Å². The highest BCUT2D eigenvalue weighted by atomic mass is 19.3. The largest absolute Gasteiger partial charge is 0.376 e. The Morgan fingerprint density at radius 2 is 0.457 bits per heavy atom. The lowest BCUT2D eigenvalue weighted by atomic mass is 9.28. The molecule has 0 aromatic rings. The van der Waals surface area contributed by atoms with Crippen LogP contribution in [-0.4, -0.2) is 74.8 Å². The normalized spacial score (nSPS) is 44.4. The lowest BCUT2D eigenvalue weighted by molar-refractivity contribution is -0.688. The molecule has 4 aliphatic rings. The first-order chi connectivity index (χ1) is 14.8. The minimum absolute atomic E-state index is 8.25. The second-order valence-electron chi connectivity index (χ2n) is 7.98. The zero-order chi connectivity index (χ0) is 28.5. The van der Waals surface area contributed by atoms with E-state index in [0.717, 1.165) is 0 Å². The van der Waals surface area contributed by atoms with Crippen molar-refractivity contribution < 1.29 is 98.7 Å². The van der Waals surface area contributed by atoms with Crippen molar-refractivity contribution in [2.45, 2.75) is 59.5 Å². The molecule has 0 aromatic heterocycles. The van der Waals surface area contributed by atoms with Crippen LogP contribution in [0.25, 0.3) is 0 Å². The standard InChI is InChI=1S/C13H3F19O3/c14-4-8(21,22)1(11(27,28)33)5(15,16)2(9(4,23)24,12(29,30)34)7(19,20)3(6(1,17)18,10(4,25)26)13(31,32)35/h33-35H. The molecule has 0 unspecified atom stereocenters. The van der Waals surface area contributed by atoms with Crippen LogP contribution in [0, 0.1) is 16.2 Å². The predicted molar refractivity (Wildman–Crippen MR) is 62.3 cm³/mol. The van der Waals surface area contributed by atoms with Crippen molar-refractivity contribution in [2.24, 2.45) is 16.2 Å². The molecule has 4 saturated carbocycles. The van der Waals surface area contributed by atoms with E-state index in [9.17, 15) is 83.4 Å². The summed E-state index contributed by atoms with van der Waals surface area (Å²) in [7, 11) is 0. The van der Waals surface area contributed by atoms with Crippen molar-refractivity contribution in [1.82, 2.24) is 0 Å². The van der Waals surface area contributed by atoms with Gasteiger partial charge in [-0.25, -0.2) is 57.1 Å². The molecule has 206 valence electrons. The molecule has 4 rings (SSSR count). The Bertz CT molecular complexity index is 826. The van der Waals surface area contributed by atoms with Crippen molar-refractivity contribution >= 4 is 0 Å². The lowest BCUT2D eigenvalue weighted by Crippen LogP contribution is -3.09. The summed E-state index contributed by atoms with van der Waals surface area (Å²) in [4.78, 5) is 0. The summed E-state index contributed by atoms with van der Waals surface area (Å²) in [6, 6.07) is 0. The van der Waals surface area contributed by atoms with Gasteiger partial charge < -0.3 is 15.3 Å². The van der Waals surface area contributed by atoms with E-state index >= 15 is 0 Å². The average Bonchev–Trinajstić information content (AvgIpc) is 2.43. The first-order valence-corrected chi connectivity index (χ1v) is 8.01. The van der Waals surface area contributed by atoms with Crippen LogP contribution in [0.3, 0.4) is 0 Å². The maximum atomic E-state index is 15.0. The molecule has 0 saturated heterocycles. The van der Waals surface area contributed by atoms with E-state index in [1.54, 1.807) is 0 Å². The molecular weight excluding hydrogens is 565 g/mol. The van der Waals surface area contributed by atoms with Crippen molar-refractivity contribution in [3.05, 3.63) is 0 Å². The fourth-order valence-corrected chi connectivity index (χ4v) is 5.68. The first-order valence-electron chi connectivity index (χ1n) is 8.01. The number of hydrogen-bond donors (Lipinski definition) is 3. The molecule has 0 atom stereocenters. The minimum atomic E-state index is -8.93. The van der Waals surface area contributed by atoms with Gasteiger partial charge in [-0.2, -0.15) is 26.3 Å². The number of aliphatic hydroxyl groups is 3. The van der Waals surface area contributed by atoms with Crippen molar-refractivity contribution in [2.75, 3.05) is 0 Å². The molecule has 35 heavy (non-hydrogen) atoms. The van der Waals surface area contributed by atoms with Gasteiger partial charge in [0.15, 0.2) is 0 Å². The van der Waals surface area contributed by atoms with Gasteiger partial charge in [-0.15, -0.1) is 0 Å². The number of rotatable bonds is 3. The van der Waals surface area contributed by atoms with E-state index in [-0.39, 0.29) is 0 Å². The molecule has 0 heterocycles. The molecule has 4 aliphatic carbocycles. The third kappa shape index (κ3) is 1.70. The Morgan fingerprint density at radius 3 is 0.571 bits per heavy atom. The lowest BCUT2D eigenvalue weighted by Gasteiger charge is -2.79. The summed E-state index contributed by atoms with van der Waals surface area (Å²) < 4.78 is 274. The van der Waals surface area contributed by atoms with Gasteiger partial charge in [-0.05, 0) is 0 Å². The fraction of sp³-hybridized carbons (Fsp3) is 1.00. The third-order valence-electron chi connectivity index (χ3n) is 6.89. The molecule has 3 N–H and O–H groups in total. The third-order valence-corrected chi connectivity index (χ3v) is 6.89. The molecule has 4 bridgehead atoms. The van der Waals surface area contributed by atoms with E-state index in [1.807, 2.05) is 0 Å². The van der Waals surface area contributed by atoms with Gasteiger partial charge in [0, 0.05) is 0 Å². The van der Waals surface area contributed by atoms with E-state index in [0.29, 0.717) is 0 Å². The summed E-state index contributed by atoms with van der Waals surface area (Å²) in [5, 5.41) is 25.3. The van der Waals surface area contributed by atoms with Crippen molar-refractivity contribution in [1.29, 1.82) is 0 Å². The smallest absolute Gasteiger partial charge is 0.335 e. The van der Waals surface area contributed by atoms with Gasteiger partial charge in [-0.3, -0.25) is 0 Å². The molecule has 4 fully saturated rings. The number of alkyl halides is 19. The van der Waals surface area contributed by atoms with Gasteiger partial charge in [0.05, 0.1) is 0 Å². The summed E-state index contributed by atoms with van der Waals surface area (Å²) in [5.41, 5.74) is -35.1. The molecule has 22 heteroatoms. The molecule has 0 amide bonds. The Morgan fingerprint density at radius 1 is 0.314 bits per heavy atom. The predicted octanol–water partition coefficient (Wildman–Crippen LogP) is 4.26. The van der Waals surface area contributed by atoms with Crippen LogP contribution in [0.2, 0.25) is 0 Å². The molecular formula is C13H3F19O3. The van der Waals surface area contributed by atoms with E-state index in [1.165, 1.54) is 0 Å². The van der Waals surface area contributed by atoms with Crippen LogP contribution >= 0.6 is 0 Å². The van der Waals surface area contributed by atoms with E-state index in [2.05, 4.69) is 0 Å². The Labute approximate surface area is 176 Å². The topological polar surface area (TPSA) is 60.7 Å². The van der Waals surface area contributed by atoms with Crippen LogP contribution in [0.15, 0.2) is 0 Å². The summed E-state index contributed by atoms with van der Waals surface area (Å²) in [5.74, 6) is -53.1. The van der Waals surface area contributed by atoms with Crippen LogP contribution in [-0.2, 0) is 0 Å². The Balaban J connectivity index is 3.00. The summed E-state index contributed by atoms with van der Waals surface area (Å²) >= 11 is 0. The van der Waals surface area contributed by atoms with Crippen molar-refractivity contribution in [3.63, 3.8) is 0 Å². The van der Waals surface area contributed by atoms with Gasteiger partial charge in [0.25, 0.3) is 34.0 Å².